The van der Waals surface area contributed by atoms with Gasteiger partial charge in [0, 0.05) is 12.5 Å². The van der Waals surface area contributed by atoms with Crippen LogP contribution < -0.4 is 11.1 Å². The molecule has 1 aromatic heterocycles. The lowest BCUT2D eigenvalue weighted by atomic mass is 10.2. The van der Waals surface area contributed by atoms with Gasteiger partial charge in [0.25, 0.3) is 5.91 Å². The fourth-order valence-electron chi connectivity index (χ4n) is 2.15. The molecule has 23 heavy (non-hydrogen) atoms. The molecule has 0 spiro atoms. The van der Waals surface area contributed by atoms with Crippen molar-refractivity contribution < 1.29 is 4.79 Å². The number of nitrogens with one attached hydrogen (secondary N) is 1. The second-order valence-electron chi connectivity index (χ2n) is 5.56. The van der Waals surface area contributed by atoms with Gasteiger partial charge in [0.2, 0.25) is 5.82 Å². The molecule has 0 atom stereocenters. The Balaban J connectivity index is 2.25. The molecule has 124 valence electrons. The van der Waals surface area contributed by atoms with E-state index in [0.717, 1.165) is 12.8 Å². The molecule has 1 amide bonds. The lowest BCUT2D eigenvalue weighted by Gasteiger charge is -2.09. The van der Waals surface area contributed by atoms with Crippen LogP contribution in [0, 0.1) is 0 Å². The van der Waals surface area contributed by atoms with Gasteiger partial charge in [0.15, 0.2) is 0 Å². The molecule has 0 bridgehead atoms. The molecule has 1 heterocycles. The van der Waals surface area contributed by atoms with Gasteiger partial charge in [0.1, 0.15) is 5.82 Å². The summed E-state index contributed by atoms with van der Waals surface area (Å²) in [5.41, 5.74) is 6.15. The average Bonchev–Trinajstić information content (AvgIpc) is 2.97. The van der Waals surface area contributed by atoms with Crippen molar-refractivity contribution >= 4 is 17.5 Å². The third-order valence-corrected chi connectivity index (χ3v) is 3.67. The predicted octanol–water partition coefficient (Wildman–Crippen LogP) is 2.51. The van der Waals surface area contributed by atoms with E-state index in [1.807, 2.05) is 32.0 Å². The molecule has 0 unspecified atom stereocenters. The Morgan fingerprint density at radius 2 is 2.09 bits per heavy atom. The van der Waals surface area contributed by atoms with Gasteiger partial charge in [0.05, 0.1) is 10.7 Å². The van der Waals surface area contributed by atoms with Crippen molar-refractivity contribution in [2.75, 3.05) is 13.1 Å². The first-order valence-electron chi connectivity index (χ1n) is 7.74. The van der Waals surface area contributed by atoms with Gasteiger partial charge in [-0.25, -0.2) is 9.67 Å². The quantitative estimate of drug-likeness (QED) is 0.761. The summed E-state index contributed by atoms with van der Waals surface area (Å²) in [5.74, 6) is 0.680. The average molecular weight is 336 g/mol. The Bertz CT molecular complexity index is 668. The highest BCUT2D eigenvalue weighted by Gasteiger charge is 2.20. The third-order valence-electron chi connectivity index (χ3n) is 3.35. The van der Waals surface area contributed by atoms with E-state index in [0.29, 0.717) is 29.6 Å². The number of unbranched alkanes of at least 4 members (excludes halogenated alkanes) is 1. The Morgan fingerprint density at radius 1 is 1.35 bits per heavy atom. The molecule has 6 nitrogen and oxygen atoms in total. The number of carbonyl (C=O) groups is 1. The normalized spacial score (nSPS) is 11.0. The number of hydrogen-bond acceptors (Lipinski definition) is 4. The number of nitrogens with two attached hydrogens (primary N) is 1. The van der Waals surface area contributed by atoms with E-state index >= 15 is 0 Å². The number of para-hydroxylation sites is 1. The van der Waals surface area contributed by atoms with Crippen molar-refractivity contribution in [3.8, 4) is 5.69 Å². The minimum atomic E-state index is -0.283. The fourth-order valence-corrected chi connectivity index (χ4v) is 2.36. The minimum Gasteiger partial charge on any atom is -0.349 e. The Morgan fingerprint density at radius 3 is 2.74 bits per heavy atom. The van der Waals surface area contributed by atoms with Crippen molar-refractivity contribution in [1.82, 2.24) is 20.1 Å². The first-order valence-corrected chi connectivity index (χ1v) is 8.12. The van der Waals surface area contributed by atoms with Crippen LogP contribution in [0.15, 0.2) is 24.3 Å². The number of halogens is 1. The van der Waals surface area contributed by atoms with Gasteiger partial charge < -0.3 is 11.1 Å². The molecule has 0 saturated carbocycles. The van der Waals surface area contributed by atoms with Gasteiger partial charge in [-0.2, -0.15) is 0 Å². The maximum Gasteiger partial charge on any atom is 0.290 e. The number of benzene rings is 1. The molecule has 3 N–H and O–H groups in total. The van der Waals surface area contributed by atoms with E-state index in [1.165, 1.54) is 0 Å². The van der Waals surface area contributed by atoms with Crippen molar-refractivity contribution in [2.24, 2.45) is 5.73 Å². The van der Waals surface area contributed by atoms with E-state index in [1.54, 1.807) is 10.7 Å². The fraction of sp³-hybridized carbons (Fsp3) is 0.438. The highest BCUT2D eigenvalue weighted by molar-refractivity contribution is 6.32. The predicted molar refractivity (Wildman–Crippen MR) is 91.1 cm³/mol. The van der Waals surface area contributed by atoms with Gasteiger partial charge in [-0.15, -0.1) is 5.10 Å². The SMILES string of the molecule is CC(C)c1nc(C(=O)NCCCCN)nn1-c1ccccc1Cl. The van der Waals surface area contributed by atoms with Crippen LogP contribution in [-0.2, 0) is 0 Å². The topological polar surface area (TPSA) is 85.8 Å². The third kappa shape index (κ3) is 4.30. The molecule has 1 aromatic carbocycles. The van der Waals surface area contributed by atoms with Crippen molar-refractivity contribution in [2.45, 2.75) is 32.6 Å². The summed E-state index contributed by atoms with van der Waals surface area (Å²) < 4.78 is 1.64. The Hall–Kier alpha value is -1.92. The molecule has 0 fully saturated rings. The highest BCUT2D eigenvalue weighted by atomic mass is 35.5. The van der Waals surface area contributed by atoms with Crippen LogP contribution in [0.25, 0.3) is 5.69 Å². The minimum absolute atomic E-state index is 0.109. The van der Waals surface area contributed by atoms with Crippen LogP contribution in [0.5, 0.6) is 0 Å². The molecular formula is C16H22ClN5O. The maximum absolute atomic E-state index is 12.2. The zero-order valence-corrected chi connectivity index (χ0v) is 14.2. The summed E-state index contributed by atoms with van der Waals surface area (Å²) in [6.45, 7) is 5.18. The molecule has 2 rings (SSSR count). The van der Waals surface area contributed by atoms with E-state index in [2.05, 4.69) is 15.4 Å². The van der Waals surface area contributed by atoms with Gasteiger partial charge >= 0.3 is 0 Å². The van der Waals surface area contributed by atoms with E-state index in [4.69, 9.17) is 17.3 Å². The van der Waals surface area contributed by atoms with Crippen LogP contribution in [0.3, 0.4) is 0 Å². The second-order valence-corrected chi connectivity index (χ2v) is 5.97. The van der Waals surface area contributed by atoms with Crippen LogP contribution in [0.2, 0.25) is 5.02 Å². The first kappa shape index (κ1) is 17.4. The number of hydrogen-bond donors (Lipinski definition) is 2. The number of aromatic nitrogens is 3. The zero-order valence-electron chi connectivity index (χ0n) is 13.4. The summed E-state index contributed by atoms with van der Waals surface area (Å²) in [6.07, 6.45) is 1.71. The van der Waals surface area contributed by atoms with Gasteiger partial charge in [-0.3, -0.25) is 4.79 Å². The van der Waals surface area contributed by atoms with Gasteiger partial charge in [-0.05, 0) is 31.5 Å². The van der Waals surface area contributed by atoms with Crippen molar-refractivity contribution in [3.05, 3.63) is 40.9 Å². The molecule has 0 aliphatic rings. The summed E-state index contributed by atoms with van der Waals surface area (Å²) >= 11 is 6.24. The number of carbonyl (C=O) groups excluding carboxylic acids is 1. The first-order chi connectivity index (χ1) is 11.0. The summed E-state index contributed by atoms with van der Waals surface area (Å²) in [6, 6.07) is 7.36. The van der Waals surface area contributed by atoms with Crippen LogP contribution in [0.1, 0.15) is 49.1 Å². The Labute approximate surface area is 141 Å². The van der Waals surface area contributed by atoms with Crippen molar-refractivity contribution in [3.63, 3.8) is 0 Å². The summed E-state index contributed by atoms with van der Waals surface area (Å²) in [7, 11) is 0. The molecule has 7 heteroatoms. The molecule has 2 aromatic rings. The highest BCUT2D eigenvalue weighted by Crippen LogP contribution is 2.23. The molecule has 0 saturated heterocycles. The largest absolute Gasteiger partial charge is 0.349 e. The lowest BCUT2D eigenvalue weighted by molar-refractivity contribution is 0.0942. The van der Waals surface area contributed by atoms with E-state index in [9.17, 15) is 4.79 Å². The van der Waals surface area contributed by atoms with Gasteiger partial charge in [-0.1, -0.05) is 37.6 Å². The van der Waals surface area contributed by atoms with Crippen molar-refractivity contribution in [1.29, 1.82) is 0 Å². The molecular weight excluding hydrogens is 314 g/mol. The monoisotopic (exact) mass is 335 g/mol. The van der Waals surface area contributed by atoms with Crippen LogP contribution >= 0.6 is 11.6 Å². The molecule has 0 aliphatic heterocycles. The molecule has 0 radical (unpaired) electrons. The lowest BCUT2D eigenvalue weighted by Crippen LogP contribution is -2.26. The van der Waals surface area contributed by atoms with E-state index < -0.39 is 0 Å². The standard InChI is InChI=1S/C16H22ClN5O/c1-11(2)15-20-14(16(23)19-10-6-5-9-18)21-22(15)13-8-4-3-7-12(13)17/h3-4,7-8,11H,5-6,9-10,18H2,1-2H3,(H,19,23). The number of nitrogens with zero attached hydrogens (tertiary/aromatic N) is 3. The second kappa shape index (κ2) is 8.08. The summed E-state index contributed by atoms with van der Waals surface area (Å²) in [4.78, 5) is 16.6. The smallest absolute Gasteiger partial charge is 0.290 e. The number of rotatable bonds is 7. The summed E-state index contributed by atoms with van der Waals surface area (Å²) in [5, 5.41) is 7.72. The van der Waals surface area contributed by atoms with Crippen LogP contribution in [0.4, 0.5) is 0 Å². The van der Waals surface area contributed by atoms with Crippen LogP contribution in [-0.4, -0.2) is 33.8 Å². The maximum atomic E-state index is 12.2. The molecule has 0 aliphatic carbocycles. The number of amides is 1. The van der Waals surface area contributed by atoms with E-state index in [-0.39, 0.29) is 17.6 Å². The zero-order chi connectivity index (χ0) is 16.8. The Kier molecular flexibility index (Phi) is 6.12.